The molecule has 1 heterocycles. The van der Waals surface area contributed by atoms with Crippen LogP contribution in [0.25, 0.3) is 0 Å². The van der Waals surface area contributed by atoms with Crippen LogP contribution < -0.4 is 4.74 Å². The molecule has 1 aromatic carbocycles. The van der Waals surface area contributed by atoms with E-state index in [2.05, 4.69) is 23.1 Å². The Kier molecular flexibility index (Phi) is 4.73. The van der Waals surface area contributed by atoms with Crippen LogP contribution in [0.2, 0.25) is 0 Å². The summed E-state index contributed by atoms with van der Waals surface area (Å²) in [5.41, 5.74) is 1.27. The molecule has 0 aromatic heterocycles. The van der Waals surface area contributed by atoms with Crippen molar-refractivity contribution in [2.45, 2.75) is 24.1 Å². The van der Waals surface area contributed by atoms with Crippen LogP contribution in [-0.4, -0.2) is 36.1 Å². The third kappa shape index (κ3) is 3.43. The second kappa shape index (κ2) is 6.31. The summed E-state index contributed by atoms with van der Waals surface area (Å²) in [6.07, 6.45) is 3.95. The summed E-state index contributed by atoms with van der Waals surface area (Å²) in [5, 5.41) is 9.28. The predicted octanol–water partition coefficient (Wildman–Crippen LogP) is 2.92. The van der Waals surface area contributed by atoms with Gasteiger partial charge in [-0.3, -0.25) is 4.90 Å². The van der Waals surface area contributed by atoms with Gasteiger partial charge in [-0.05, 0) is 36.8 Å². The fourth-order valence-corrected chi connectivity index (χ4v) is 3.15. The molecule has 0 aliphatic carbocycles. The van der Waals surface area contributed by atoms with E-state index in [1.165, 1.54) is 5.56 Å². The predicted molar refractivity (Wildman–Crippen MR) is 79.4 cm³/mol. The lowest BCUT2D eigenvalue weighted by Gasteiger charge is -2.36. The summed E-state index contributed by atoms with van der Waals surface area (Å²) >= 11 is 1.70. The number of ether oxygens (including phenoxy) is 1. The van der Waals surface area contributed by atoms with Crippen LogP contribution in [0.1, 0.15) is 18.4 Å². The molecule has 0 amide bonds. The van der Waals surface area contributed by atoms with Crippen LogP contribution in [0.15, 0.2) is 24.3 Å². The molecule has 0 saturated carbocycles. The smallest absolute Gasteiger partial charge is 0.119 e. The van der Waals surface area contributed by atoms with E-state index in [0.717, 1.165) is 38.2 Å². The first-order chi connectivity index (χ1) is 9.21. The van der Waals surface area contributed by atoms with Crippen molar-refractivity contribution >= 4 is 11.8 Å². The first-order valence-electron chi connectivity index (χ1n) is 6.53. The molecular formula is C15H20N2OS. The third-order valence-electron chi connectivity index (χ3n) is 3.80. The Morgan fingerprint density at radius 2 is 2.16 bits per heavy atom. The minimum Gasteiger partial charge on any atom is -0.497 e. The van der Waals surface area contributed by atoms with Crippen LogP contribution in [0.3, 0.4) is 0 Å². The highest BCUT2D eigenvalue weighted by molar-refractivity contribution is 8.00. The van der Waals surface area contributed by atoms with Gasteiger partial charge in [0, 0.05) is 19.6 Å². The first kappa shape index (κ1) is 14.2. The molecule has 0 radical (unpaired) electrons. The van der Waals surface area contributed by atoms with E-state index in [4.69, 9.17) is 4.74 Å². The maximum atomic E-state index is 9.28. The third-order valence-corrected chi connectivity index (χ3v) is 5.08. The van der Waals surface area contributed by atoms with Crippen LogP contribution in [0.4, 0.5) is 0 Å². The lowest BCUT2D eigenvalue weighted by atomic mass is 9.97. The highest BCUT2D eigenvalue weighted by Crippen LogP contribution is 2.34. The molecule has 1 aliphatic heterocycles. The zero-order valence-corrected chi connectivity index (χ0v) is 12.4. The second-order valence-corrected chi connectivity index (χ2v) is 6.13. The Labute approximate surface area is 119 Å². The highest BCUT2D eigenvalue weighted by Gasteiger charge is 2.33. The molecule has 19 heavy (non-hydrogen) atoms. The molecule has 2 rings (SSSR count). The Bertz CT molecular complexity index is 461. The van der Waals surface area contributed by atoms with Gasteiger partial charge in [0.1, 0.15) is 10.5 Å². The number of nitrogens with zero attached hydrogens (tertiary/aromatic N) is 2. The Hall–Kier alpha value is -1.18. The molecule has 4 heteroatoms. The van der Waals surface area contributed by atoms with Gasteiger partial charge in [-0.2, -0.15) is 5.26 Å². The Balaban J connectivity index is 1.94. The van der Waals surface area contributed by atoms with Crippen LogP contribution in [-0.2, 0) is 6.54 Å². The molecule has 0 atom stereocenters. The maximum Gasteiger partial charge on any atom is 0.119 e. The summed E-state index contributed by atoms with van der Waals surface area (Å²) < 4.78 is 5.09. The molecule has 0 N–H and O–H groups in total. The summed E-state index contributed by atoms with van der Waals surface area (Å²) in [6.45, 7) is 2.92. The molecule has 1 fully saturated rings. The number of benzene rings is 1. The molecule has 0 unspecified atom stereocenters. The zero-order chi connectivity index (χ0) is 13.7. The largest absolute Gasteiger partial charge is 0.497 e. The zero-order valence-electron chi connectivity index (χ0n) is 11.6. The maximum absolute atomic E-state index is 9.28. The lowest BCUT2D eigenvalue weighted by molar-refractivity contribution is 0.209. The molecular weight excluding hydrogens is 256 g/mol. The van der Waals surface area contributed by atoms with Crippen molar-refractivity contribution in [3.8, 4) is 11.8 Å². The fraction of sp³-hybridized carbons (Fsp3) is 0.533. The summed E-state index contributed by atoms with van der Waals surface area (Å²) in [7, 11) is 1.69. The average molecular weight is 276 g/mol. The Morgan fingerprint density at radius 1 is 1.42 bits per heavy atom. The molecule has 0 spiro atoms. The van der Waals surface area contributed by atoms with Gasteiger partial charge < -0.3 is 4.74 Å². The summed E-state index contributed by atoms with van der Waals surface area (Å²) in [6, 6.07) is 10.7. The van der Waals surface area contributed by atoms with Gasteiger partial charge in [-0.1, -0.05) is 12.1 Å². The van der Waals surface area contributed by atoms with Gasteiger partial charge in [-0.15, -0.1) is 11.8 Å². The highest BCUT2D eigenvalue weighted by atomic mass is 32.2. The topological polar surface area (TPSA) is 36.3 Å². The van der Waals surface area contributed by atoms with Gasteiger partial charge in [0.25, 0.3) is 0 Å². The van der Waals surface area contributed by atoms with E-state index in [1.54, 1.807) is 18.9 Å². The molecule has 0 bridgehead atoms. The molecule has 1 aromatic rings. The van der Waals surface area contributed by atoms with Gasteiger partial charge in [-0.25, -0.2) is 0 Å². The minimum absolute atomic E-state index is 0.162. The van der Waals surface area contributed by atoms with Crippen molar-refractivity contribution in [2.75, 3.05) is 26.5 Å². The average Bonchev–Trinajstić information content (AvgIpc) is 2.48. The van der Waals surface area contributed by atoms with Gasteiger partial charge >= 0.3 is 0 Å². The second-order valence-electron chi connectivity index (χ2n) is 4.94. The minimum atomic E-state index is -0.162. The van der Waals surface area contributed by atoms with Gasteiger partial charge in [0.05, 0.1) is 13.2 Å². The number of nitriles is 1. The SMILES string of the molecule is COc1cccc(CN2CCC(C#N)(SC)CC2)c1. The van der Waals surface area contributed by atoms with Crippen molar-refractivity contribution in [1.82, 2.24) is 4.90 Å². The van der Waals surface area contributed by atoms with Crippen molar-refractivity contribution in [3.05, 3.63) is 29.8 Å². The van der Waals surface area contributed by atoms with Crippen molar-refractivity contribution in [3.63, 3.8) is 0 Å². The van der Waals surface area contributed by atoms with Gasteiger partial charge in [0.15, 0.2) is 0 Å². The normalized spacial score (nSPS) is 18.8. The number of methoxy groups -OCH3 is 1. The number of thioether (sulfide) groups is 1. The Morgan fingerprint density at radius 3 is 2.74 bits per heavy atom. The van der Waals surface area contributed by atoms with Crippen molar-refractivity contribution < 1.29 is 4.74 Å². The van der Waals surface area contributed by atoms with Crippen molar-refractivity contribution in [2.24, 2.45) is 0 Å². The van der Waals surface area contributed by atoms with Crippen LogP contribution in [0, 0.1) is 11.3 Å². The summed E-state index contributed by atoms with van der Waals surface area (Å²) in [4.78, 5) is 2.42. The van der Waals surface area contributed by atoms with E-state index in [-0.39, 0.29) is 4.75 Å². The number of likely N-dealkylation sites (tertiary alicyclic amines) is 1. The molecule has 1 saturated heterocycles. The number of hydrogen-bond acceptors (Lipinski definition) is 4. The summed E-state index contributed by atoms with van der Waals surface area (Å²) in [5.74, 6) is 0.907. The molecule has 3 nitrogen and oxygen atoms in total. The van der Waals surface area contributed by atoms with Gasteiger partial charge in [0.2, 0.25) is 0 Å². The van der Waals surface area contributed by atoms with E-state index in [0.29, 0.717) is 0 Å². The lowest BCUT2D eigenvalue weighted by Crippen LogP contribution is -2.41. The number of hydrogen-bond donors (Lipinski definition) is 0. The number of piperidine rings is 1. The number of rotatable bonds is 4. The van der Waals surface area contributed by atoms with E-state index in [9.17, 15) is 5.26 Å². The van der Waals surface area contributed by atoms with E-state index >= 15 is 0 Å². The van der Waals surface area contributed by atoms with E-state index < -0.39 is 0 Å². The standard InChI is InChI=1S/C15H20N2OS/c1-18-14-5-3-4-13(10-14)11-17-8-6-15(12-16,19-2)7-9-17/h3-5,10H,6-9,11H2,1-2H3. The molecule has 1 aliphatic rings. The van der Waals surface area contributed by atoms with Crippen molar-refractivity contribution in [1.29, 1.82) is 5.26 Å². The monoisotopic (exact) mass is 276 g/mol. The molecule has 102 valence electrons. The fourth-order valence-electron chi connectivity index (χ4n) is 2.46. The first-order valence-corrected chi connectivity index (χ1v) is 7.75. The quantitative estimate of drug-likeness (QED) is 0.847. The van der Waals surface area contributed by atoms with Crippen LogP contribution in [0.5, 0.6) is 5.75 Å². The van der Waals surface area contributed by atoms with Crippen LogP contribution >= 0.6 is 11.8 Å². The van der Waals surface area contributed by atoms with E-state index in [1.807, 2.05) is 18.4 Å².